The van der Waals surface area contributed by atoms with Gasteiger partial charge in [-0.15, -0.1) is 11.8 Å². The molecule has 2 aromatic carbocycles. The van der Waals surface area contributed by atoms with Crippen molar-refractivity contribution in [1.82, 2.24) is 9.97 Å². The zero-order chi connectivity index (χ0) is 20.5. The predicted octanol–water partition coefficient (Wildman–Crippen LogP) is 6.20. The van der Waals surface area contributed by atoms with Crippen molar-refractivity contribution in [3.05, 3.63) is 58.7 Å². The Morgan fingerprint density at radius 2 is 1.83 bits per heavy atom. The molecule has 0 aliphatic heterocycles. The van der Waals surface area contributed by atoms with Crippen LogP contribution < -0.4 is 5.32 Å². The number of anilines is 1. The summed E-state index contributed by atoms with van der Waals surface area (Å²) in [6.07, 6.45) is 0.422. The molecule has 4 aromatic rings. The smallest absolute Gasteiger partial charge is 0.226 e. The normalized spacial score (nSPS) is 11.3. The number of hydrogen-bond donors (Lipinski definition) is 1. The first kappa shape index (κ1) is 19.9. The highest BCUT2D eigenvalue weighted by molar-refractivity contribution is 7.99. The Bertz CT molecular complexity index is 1230. The average Bonchev–Trinajstić information content (AvgIpc) is 3.04. The van der Waals surface area contributed by atoms with E-state index < -0.39 is 0 Å². The third-order valence-corrected chi connectivity index (χ3v) is 6.65. The van der Waals surface area contributed by atoms with E-state index in [-0.39, 0.29) is 5.91 Å². The molecule has 0 fully saturated rings. The molecular weight excluding hydrogens is 398 g/mol. The lowest BCUT2D eigenvalue weighted by atomic mass is 10.0. The third kappa shape index (κ3) is 4.43. The molecule has 0 aliphatic carbocycles. The van der Waals surface area contributed by atoms with Crippen molar-refractivity contribution >= 4 is 55.3 Å². The summed E-state index contributed by atoms with van der Waals surface area (Å²) < 4.78 is 1.09. The highest BCUT2D eigenvalue weighted by atomic mass is 32.2. The van der Waals surface area contributed by atoms with Crippen molar-refractivity contribution in [3.8, 4) is 0 Å². The summed E-state index contributed by atoms with van der Waals surface area (Å²) in [6.45, 7) is 8.39. The number of benzene rings is 2. The first-order valence-corrected chi connectivity index (χ1v) is 11.4. The van der Waals surface area contributed by atoms with Gasteiger partial charge < -0.3 is 5.32 Å². The van der Waals surface area contributed by atoms with Crippen LogP contribution in [0.25, 0.3) is 21.1 Å². The van der Waals surface area contributed by atoms with Gasteiger partial charge in [0.05, 0.1) is 20.8 Å². The molecule has 0 atom stereocenters. The van der Waals surface area contributed by atoms with E-state index in [1.807, 2.05) is 12.1 Å². The van der Waals surface area contributed by atoms with Crippen molar-refractivity contribution in [2.24, 2.45) is 0 Å². The minimum atomic E-state index is -0.0161. The quantitative estimate of drug-likeness (QED) is 0.390. The van der Waals surface area contributed by atoms with Gasteiger partial charge in [-0.25, -0.2) is 9.97 Å². The largest absolute Gasteiger partial charge is 0.302 e. The first-order valence-electron chi connectivity index (χ1n) is 9.57. The van der Waals surface area contributed by atoms with Gasteiger partial charge in [-0.05, 0) is 68.7 Å². The summed E-state index contributed by atoms with van der Waals surface area (Å²) in [5.74, 6) is 0.663. The zero-order valence-electron chi connectivity index (χ0n) is 17.0. The Kier molecular flexibility index (Phi) is 5.56. The number of thioether (sulfide) groups is 1. The van der Waals surface area contributed by atoms with E-state index in [9.17, 15) is 4.79 Å². The number of rotatable bonds is 5. The van der Waals surface area contributed by atoms with E-state index in [0.29, 0.717) is 17.3 Å². The molecule has 1 amide bonds. The fourth-order valence-electron chi connectivity index (χ4n) is 3.40. The number of aromatic nitrogens is 2. The molecule has 0 saturated carbocycles. The maximum absolute atomic E-state index is 12.3. The van der Waals surface area contributed by atoms with Crippen molar-refractivity contribution < 1.29 is 4.79 Å². The van der Waals surface area contributed by atoms with Gasteiger partial charge in [-0.1, -0.05) is 29.0 Å². The number of hydrogen-bond acceptors (Lipinski definition) is 5. The lowest BCUT2D eigenvalue weighted by Crippen LogP contribution is -2.11. The van der Waals surface area contributed by atoms with Crippen LogP contribution in [0.15, 0.2) is 41.4 Å². The van der Waals surface area contributed by atoms with Crippen molar-refractivity contribution in [3.63, 3.8) is 0 Å². The van der Waals surface area contributed by atoms with Gasteiger partial charge in [-0.3, -0.25) is 4.79 Å². The van der Waals surface area contributed by atoms with Crippen LogP contribution in [0, 0.1) is 27.7 Å². The molecule has 0 aliphatic rings. The van der Waals surface area contributed by atoms with Gasteiger partial charge in [0.25, 0.3) is 0 Å². The molecule has 2 heterocycles. The SMILES string of the molecule is Cc1ccc2nc(NC(=O)CCSc3cc(C)c4cc(C)cc(C)c4n3)sc2c1. The molecule has 0 bridgehead atoms. The maximum Gasteiger partial charge on any atom is 0.226 e. The number of nitrogens with one attached hydrogen (secondary N) is 1. The van der Waals surface area contributed by atoms with Gasteiger partial charge in [0.2, 0.25) is 5.91 Å². The average molecular weight is 422 g/mol. The Balaban J connectivity index is 1.39. The van der Waals surface area contributed by atoms with Gasteiger partial charge >= 0.3 is 0 Å². The lowest BCUT2D eigenvalue weighted by molar-refractivity contribution is -0.115. The second-order valence-corrected chi connectivity index (χ2v) is 9.54. The molecule has 0 saturated heterocycles. The second kappa shape index (κ2) is 8.13. The number of thiazole rings is 1. The van der Waals surface area contributed by atoms with Crippen molar-refractivity contribution in [2.45, 2.75) is 39.1 Å². The van der Waals surface area contributed by atoms with Crippen LogP contribution in [0.4, 0.5) is 5.13 Å². The van der Waals surface area contributed by atoms with E-state index >= 15 is 0 Å². The Hall–Kier alpha value is -2.44. The van der Waals surface area contributed by atoms with Crippen molar-refractivity contribution in [1.29, 1.82) is 0 Å². The van der Waals surface area contributed by atoms with Gasteiger partial charge in [0.1, 0.15) is 0 Å². The summed E-state index contributed by atoms with van der Waals surface area (Å²) in [6, 6.07) is 12.6. The molecule has 0 unspecified atom stereocenters. The summed E-state index contributed by atoms with van der Waals surface area (Å²) in [7, 11) is 0. The number of aryl methyl sites for hydroxylation is 4. The second-order valence-electron chi connectivity index (χ2n) is 7.39. The Morgan fingerprint density at radius 1 is 1.00 bits per heavy atom. The monoisotopic (exact) mass is 421 g/mol. The standard InChI is InChI=1S/C23H23N3OS2/c1-13-5-6-18-19(11-13)29-23(24-18)25-20(27)7-8-28-21-12-15(3)17-10-14(2)9-16(4)22(17)26-21/h5-6,9-12H,7-8H2,1-4H3,(H,24,25,27). The van der Waals surface area contributed by atoms with E-state index in [2.05, 4.69) is 62.3 Å². The molecular formula is C23H23N3OS2. The summed E-state index contributed by atoms with van der Waals surface area (Å²) in [5, 5.41) is 5.75. The van der Waals surface area contributed by atoms with Gasteiger partial charge in [-0.2, -0.15) is 0 Å². The van der Waals surface area contributed by atoms with E-state index in [4.69, 9.17) is 4.98 Å². The number of pyridine rings is 1. The van der Waals surface area contributed by atoms with Crippen LogP contribution in [0.2, 0.25) is 0 Å². The molecule has 4 rings (SSSR count). The molecule has 1 N–H and O–H groups in total. The number of fused-ring (bicyclic) bond motifs is 2. The molecule has 4 nitrogen and oxygen atoms in total. The molecule has 29 heavy (non-hydrogen) atoms. The fraction of sp³-hybridized carbons (Fsp3) is 0.261. The number of amides is 1. The Morgan fingerprint density at radius 3 is 2.66 bits per heavy atom. The third-order valence-electron chi connectivity index (χ3n) is 4.80. The van der Waals surface area contributed by atoms with Crippen LogP contribution in [0.5, 0.6) is 0 Å². The van der Waals surface area contributed by atoms with Crippen LogP contribution in [0.1, 0.15) is 28.7 Å². The Labute approximate surface area is 178 Å². The molecule has 6 heteroatoms. The topological polar surface area (TPSA) is 54.9 Å². The lowest BCUT2D eigenvalue weighted by Gasteiger charge is -2.09. The summed E-state index contributed by atoms with van der Waals surface area (Å²) in [5.41, 5.74) is 6.83. The zero-order valence-corrected chi connectivity index (χ0v) is 18.6. The van der Waals surface area contributed by atoms with Crippen LogP contribution >= 0.6 is 23.1 Å². The first-order chi connectivity index (χ1) is 13.9. The summed E-state index contributed by atoms with van der Waals surface area (Å²) in [4.78, 5) is 21.6. The molecule has 0 spiro atoms. The highest BCUT2D eigenvalue weighted by Gasteiger charge is 2.10. The van der Waals surface area contributed by atoms with Gasteiger partial charge in [0.15, 0.2) is 5.13 Å². The maximum atomic E-state index is 12.3. The van der Waals surface area contributed by atoms with Crippen LogP contribution in [-0.4, -0.2) is 21.6 Å². The van der Waals surface area contributed by atoms with Gasteiger partial charge in [0, 0.05) is 17.6 Å². The summed E-state index contributed by atoms with van der Waals surface area (Å²) >= 11 is 3.13. The minimum Gasteiger partial charge on any atom is -0.302 e. The number of carbonyl (C=O) groups is 1. The molecule has 148 valence electrons. The van der Waals surface area contributed by atoms with E-state index in [1.54, 1.807) is 11.8 Å². The highest BCUT2D eigenvalue weighted by Crippen LogP contribution is 2.28. The van der Waals surface area contributed by atoms with Crippen molar-refractivity contribution in [2.75, 3.05) is 11.1 Å². The number of nitrogens with zero attached hydrogens (tertiary/aromatic N) is 2. The van der Waals surface area contributed by atoms with E-state index in [0.717, 1.165) is 20.8 Å². The molecule has 0 radical (unpaired) electrons. The predicted molar refractivity (Wildman–Crippen MR) is 124 cm³/mol. The van der Waals surface area contributed by atoms with Crippen LogP contribution in [-0.2, 0) is 4.79 Å². The number of carbonyl (C=O) groups excluding carboxylic acids is 1. The minimum absolute atomic E-state index is 0.0161. The fourth-order valence-corrected chi connectivity index (χ4v) is 5.30. The van der Waals surface area contributed by atoms with E-state index in [1.165, 1.54) is 39.0 Å². The molecule has 2 aromatic heterocycles. The van der Waals surface area contributed by atoms with Crippen LogP contribution in [0.3, 0.4) is 0 Å².